The van der Waals surface area contributed by atoms with Gasteiger partial charge in [-0.3, -0.25) is 0 Å². The van der Waals surface area contributed by atoms with Crippen molar-refractivity contribution < 1.29 is 13.2 Å². The zero-order valence-corrected chi connectivity index (χ0v) is 7.12. The zero-order chi connectivity index (χ0) is 9.78. The molecule has 0 rings (SSSR count). The standard InChI is InChI=1S/C8H14F3N/c1-6(2)5-7(12)3-4-8(9,10)11/h7H,1,3-5,12H2,2H3. The summed E-state index contributed by atoms with van der Waals surface area (Å²) in [4.78, 5) is 0. The fraction of sp³-hybridized carbons (Fsp3) is 0.750. The quantitative estimate of drug-likeness (QED) is 0.663. The zero-order valence-electron chi connectivity index (χ0n) is 7.12. The van der Waals surface area contributed by atoms with Crippen LogP contribution < -0.4 is 5.73 Å². The summed E-state index contributed by atoms with van der Waals surface area (Å²) >= 11 is 0. The maximum atomic E-state index is 11.7. The lowest BCUT2D eigenvalue weighted by Gasteiger charge is -2.12. The second-order valence-electron chi connectivity index (χ2n) is 3.08. The first-order valence-corrected chi connectivity index (χ1v) is 3.78. The predicted octanol–water partition coefficient (Wildman–Crippen LogP) is 2.62. The molecule has 0 aromatic carbocycles. The van der Waals surface area contributed by atoms with E-state index in [2.05, 4.69) is 6.58 Å². The van der Waals surface area contributed by atoms with Crippen LogP contribution in [0, 0.1) is 0 Å². The van der Waals surface area contributed by atoms with E-state index in [1.54, 1.807) is 6.92 Å². The molecule has 0 aromatic heterocycles. The molecule has 1 atom stereocenters. The summed E-state index contributed by atoms with van der Waals surface area (Å²) < 4.78 is 35.0. The second-order valence-corrected chi connectivity index (χ2v) is 3.08. The Morgan fingerprint density at radius 3 is 2.33 bits per heavy atom. The van der Waals surface area contributed by atoms with Crippen molar-refractivity contribution in [3.8, 4) is 0 Å². The minimum atomic E-state index is -4.09. The fourth-order valence-corrected chi connectivity index (χ4v) is 0.899. The highest BCUT2D eigenvalue weighted by molar-refractivity contribution is 4.91. The number of alkyl halides is 3. The van der Waals surface area contributed by atoms with E-state index in [0.717, 1.165) is 5.57 Å². The highest BCUT2D eigenvalue weighted by Crippen LogP contribution is 2.22. The maximum Gasteiger partial charge on any atom is 0.389 e. The summed E-state index contributed by atoms with van der Waals surface area (Å²) in [5.41, 5.74) is 6.24. The molecule has 0 spiro atoms. The Morgan fingerprint density at radius 1 is 1.50 bits per heavy atom. The van der Waals surface area contributed by atoms with Gasteiger partial charge in [0.05, 0.1) is 0 Å². The van der Waals surface area contributed by atoms with E-state index >= 15 is 0 Å². The highest BCUT2D eigenvalue weighted by Gasteiger charge is 2.27. The molecule has 0 radical (unpaired) electrons. The molecule has 0 saturated carbocycles. The predicted molar refractivity (Wildman–Crippen MR) is 42.7 cm³/mol. The largest absolute Gasteiger partial charge is 0.389 e. The first-order valence-electron chi connectivity index (χ1n) is 3.78. The molecule has 2 N–H and O–H groups in total. The van der Waals surface area contributed by atoms with Crippen LogP contribution in [0.5, 0.6) is 0 Å². The van der Waals surface area contributed by atoms with Crippen molar-refractivity contribution in [2.75, 3.05) is 0 Å². The summed E-state index contributed by atoms with van der Waals surface area (Å²) in [7, 11) is 0. The molecule has 0 amide bonds. The average molecular weight is 181 g/mol. The number of nitrogens with two attached hydrogens (primary N) is 1. The molecular weight excluding hydrogens is 167 g/mol. The van der Waals surface area contributed by atoms with E-state index in [9.17, 15) is 13.2 Å². The molecule has 0 saturated heterocycles. The van der Waals surface area contributed by atoms with Gasteiger partial charge in [-0.1, -0.05) is 5.57 Å². The Bertz CT molecular complexity index is 151. The molecule has 4 heteroatoms. The minimum absolute atomic E-state index is 0.0175. The lowest BCUT2D eigenvalue weighted by atomic mass is 10.1. The third kappa shape index (κ3) is 7.60. The van der Waals surface area contributed by atoms with Gasteiger partial charge in [-0.2, -0.15) is 13.2 Å². The first-order chi connectivity index (χ1) is 5.31. The summed E-state index contributed by atoms with van der Waals surface area (Å²) in [6.45, 7) is 5.34. The highest BCUT2D eigenvalue weighted by atomic mass is 19.4. The van der Waals surface area contributed by atoms with Crippen molar-refractivity contribution in [2.45, 2.75) is 38.4 Å². The minimum Gasteiger partial charge on any atom is -0.327 e. The molecule has 1 nitrogen and oxygen atoms in total. The van der Waals surface area contributed by atoms with Crippen molar-refractivity contribution in [2.24, 2.45) is 5.73 Å². The third-order valence-corrected chi connectivity index (χ3v) is 1.41. The van der Waals surface area contributed by atoms with Crippen molar-refractivity contribution in [3.05, 3.63) is 12.2 Å². The van der Waals surface area contributed by atoms with Gasteiger partial charge in [-0.25, -0.2) is 0 Å². The van der Waals surface area contributed by atoms with Gasteiger partial charge in [0.15, 0.2) is 0 Å². The van der Waals surface area contributed by atoms with Gasteiger partial charge in [-0.15, -0.1) is 6.58 Å². The van der Waals surface area contributed by atoms with Gasteiger partial charge in [0.2, 0.25) is 0 Å². The smallest absolute Gasteiger partial charge is 0.327 e. The van der Waals surface area contributed by atoms with Crippen LogP contribution in [0.25, 0.3) is 0 Å². The van der Waals surface area contributed by atoms with Gasteiger partial charge < -0.3 is 5.73 Å². The number of hydrogen-bond donors (Lipinski definition) is 1. The summed E-state index contributed by atoms with van der Waals surface area (Å²) in [5, 5.41) is 0. The summed E-state index contributed by atoms with van der Waals surface area (Å²) in [5.74, 6) is 0. The van der Waals surface area contributed by atoms with Crippen LogP contribution in [0.1, 0.15) is 26.2 Å². The van der Waals surface area contributed by atoms with Crippen molar-refractivity contribution in [1.29, 1.82) is 0 Å². The molecular formula is C8H14F3N. The second kappa shape index (κ2) is 4.50. The Morgan fingerprint density at radius 2 is 2.00 bits per heavy atom. The molecule has 0 bridgehead atoms. The third-order valence-electron chi connectivity index (χ3n) is 1.41. The monoisotopic (exact) mass is 181 g/mol. The van der Waals surface area contributed by atoms with Crippen LogP contribution in [-0.2, 0) is 0 Å². The van der Waals surface area contributed by atoms with Crippen molar-refractivity contribution >= 4 is 0 Å². The molecule has 0 heterocycles. The van der Waals surface area contributed by atoms with Crippen LogP contribution in [0.2, 0.25) is 0 Å². The SMILES string of the molecule is C=C(C)CC(N)CCC(F)(F)F. The van der Waals surface area contributed by atoms with Gasteiger partial charge in [0, 0.05) is 12.5 Å². The molecule has 12 heavy (non-hydrogen) atoms. The van der Waals surface area contributed by atoms with Crippen LogP contribution in [-0.4, -0.2) is 12.2 Å². The van der Waals surface area contributed by atoms with Crippen molar-refractivity contribution in [1.82, 2.24) is 0 Å². The summed E-state index contributed by atoms with van der Waals surface area (Å²) in [6.07, 6.45) is -4.44. The summed E-state index contributed by atoms with van der Waals surface area (Å²) in [6, 6.07) is -0.413. The van der Waals surface area contributed by atoms with Gasteiger partial charge in [0.25, 0.3) is 0 Å². The molecule has 0 aliphatic heterocycles. The fourth-order valence-electron chi connectivity index (χ4n) is 0.899. The molecule has 0 aromatic rings. The van der Waals surface area contributed by atoms with E-state index in [1.807, 2.05) is 0 Å². The number of halogens is 3. The normalized spacial score (nSPS) is 14.4. The van der Waals surface area contributed by atoms with E-state index in [0.29, 0.717) is 6.42 Å². The molecule has 1 unspecified atom stereocenters. The Labute approximate surface area is 70.4 Å². The van der Waals surface area contributed by atoms with Gasteiger partial charge in [0.1, 0.15) is 0 Å². The lowest BCUT2D eigenvalue weighted by Crippen LogP contribution is -2.23. The first kappa shape index (κ1) is 11.5. The van der Waals surface area contributed by atoms with E-state index in [-0.39, 0.29) is 6.42 Å². The van der Waals surface area contributed by atoms with Crippen LogP contribution >= 0.6 is 0 Å². The topological polar surface area (TPSA) is 26.0 Å². The van der Waals surface area contributed by atoms with E-state index in [4.69, 9.17) is 5.73 Å². The molecule has 0 aliphatic rings. The van der Waals surface area contributed by atoms with E-state index < -0.39 is 18.6 Å². The number of hydrogen-bond acceptors (Lipinski definition) is 1. The van der Waals surface area contributed by atoms with Crippen LogP contribution in [0.15, 0.2) is 12.2 Å². The van der Waals surface area contributed by atoms with E-state index in [1.165, 1.54) is 0 Å². The van der Waals surface area contributed by atoms with Crippen molar-refractivity contribution in [3.63, 3.8) is 0 Å². The van der Waals surface area contributed by atoms with Gasteiger partial charge in [-0.05, 0) is 19.8 Å². The van der Waals surface area contributed by atoms with Gasteiger partial charge >= 0.3 is 6.18 Å². The van der Waals surface area contributed by atoms with Crippen LogP contribution in [0.4, 0.5) is 13.2 Å². The molecule has 72 valence electrons. The molecule has 0 fully saturated rings. The Kier molecular flexibility index (Phi) is 4.31. The maximum absolute atomic E-state index is 11.7. The Hall–Kier alpha value is -0.510. The van der Waals surface area contributed by atoms with Crippen LogP contribution in [0.3, 0.4) is 0 Å². The lowest BCUT2D eigenvalue weighted by molar-refractivity contribution is -0.136. The Balaban J connectivity index is 3.57. The number of rotatable bonds is 4. The molecule has 0 aliphatic carbocycles. The average Bonchev–Trinajstić information content (AvgIpc) is 1.80.